The first-order chi connectivity index (χ1) is 15.1. The third-order valence-corrected chi connectivity index (χ3v) is 6.88. The van der Waals surface area contributed by atoms with Gasteiger partial charge in [-0.15, -0.1) is 0 Å². The predicted molar refractivity (Wildman–Crippen MR) is 140 cm³/mol. The van der Waals surface area contributed by atoms with Crippen molar-refractivity contribution in [1.82, 2.24) is 4.90 Å². The summed E-state index contributed by atoms with van der Waals surface area (Å²) in [5.74, 6) is 0.436. The van der Waals surface area contributed by atoms with E-state index in [2.05, 4.69) is 20.9 Å². The number of hydrogen-bond acceptors (Lipinski definition) is 4. The molecule has 170 valence electrons. The monoisotopic (exact) mass is 574 g/mol. The van der Waals surface area contributed by atoms with Gasteiger partial charge in [0.2, 0.25) is 0 Å². The molecule has 9 heteroatoms. The Kier molecular flexibility index (Phi) is 8.61. The van der Waals surface area contributed by atoms with E-state index in [0.717, 1.165) is 16.3 Å². The Morgan fingerprint density at radius 1 is 1.12 bits per heavy atom. The highest BCUT2D eigenvalue weighted by atomic mass is 79.9. The van der Waals surface area contributed by atoms with Crippen molar-refractivity contribution in [2.45, 2.75) is 46.4 Å². The molecule has 0 radical (unpaired) electrons. The molecule has 2 aromatic carbocycles. The zero-order valence-corrected chi connectivity index (χ0v) is 22.6. The quantitative estimate of drug-likeness (QED) is 0.327. The van der Waals surface area contributed by atoms with Crippen LogP contribution in [0.4, 0.5) is 0 Å². The lowest BCUT2D eigenvalue weighted by Crippen LogP contribution is -2.35. The maximum absolute atomic E-state index is 13.0. The van der Waals surface area contributed by atoms with Crippen molar-refractivity contribution < 1.29 is 9.53 Å². The standard InChI is InChI=1S/C23H22BrCl3N2O2S/c1-12(2)28-23-29(13(3)4)22(30)20(32-23)9-14-7-17(24)21(19(27)8-14)31-11-15-5-6-16(25)10-18(15)26/h5-10,12-13H,11H2,1-4H3/b20-9+,28-23?. The van der Waals surface area contributed by atoms with Crippen LogP contribution in [0, 0.1) is 0 Å². The topological polar surface area (TPSA) is 41.9 Å². The highest BCUT2D eigenvalue weighted by Crippen LogP contribution is 2.39. The van der Waals surface area contributed by atoms with Crippen LogP contribution in [0.15, 0.2) is 44.7 Å². The number of halogens is 4. The average Bonchev–Trinajstić information content (AvgIpc) is 2.96. The van der Waals surface area contributed by atoms with Gasteiger partial charge in [-0.1, -0.05) is 40.9 Å². The van der Waals surface area contributed by atoms with Gasteiger partial charge in [0.25, 0.3) is 5.91 Å². The number of carbonyl (C=O) groups excluding carboxylic acids is 1. The average molecular weight is 577 g/mol. The molecule has 1 heterocycles. The molecule has 0 aliphatic carbocycles. The van der Waals surface area contributed by atoms with Crippen molar-refractivity contribution in [3.05, 3.63) is 65.9 Å². The van der Waals surface area contributed by atoms with Crippen LogP contribution in [0.1, 0.15) is 38.8 Å². The number of carbonyl (C=O) groups is 1. The van der Waals surface area contributed by atoms with Crippen LogP contribution in [0.2, 0.25) is 15.1 Å². The molecule has 1 saturated heterocycles. The van der Waals surface area contributed by atoms with Gasteiger partial charge in [0.05, 0.1) is 14.4 Å². The molecule has 32 heavy (non-hydrogen) atoms. The lowest BCUT2D eigenvalue weighted by molar-refractivity contribution is -0.123. The third-order valence-electron chi connectivity index (χ3n) is 4.43. The van der Waals surface area contributed by atoms with Crippen molar-refractivity contribution in [2.24, 2.45) is 4.99 Å². The summed E-state index contributed by atoms with van der Waals surface area (Å²) >= 11 is 23.6. The predicted octanol–water partition coefficient (Wildman–Crippen LogP) is 8.08. The summed E-state index contributed by atoms with van der Waals surface area (Å²) in [6.45, 7) is 8.17. The minimum absolute atomic E-state index is 0.0178. The molecule has 0 saturated carbocycles. The number of thioether (sulfide) groups is 1. The Morgan fingerprint density at radius 3 is 2.44 bits per heavy atom. The van der Waals surface area contributed by atoms with Crippen LogP contribution in [-0.4, -0.2) is 28.1 Å². The number of rotatable bonds is 6. The first-order valence-corrected chi connectivity index (χ1v) is 12.7. The number of amides is 1. The molecule has 0 aromatic heterocycles. The lowest BCUT2D eigenvalue weighted by Gasteiger charge is -2.20. The van der Waals surface area contributed by atoms with Crippen LogP contribution in [-0.2, 0) is 11.4 Å². The smallest absolute Gasteiger partial charge is 0.266 e. The summed E-state index contributed by atoms with van der Waals surface area (Å²) in [6.07, 6.45) is 1.82. The zero-order chi connectivity index (χ0) is 23.6. The third kappa shape index (κ3) is 6.03. The highest BCUT2D eigenvalue weighted by Gasteiger charge is 2.35. The minimum Gasteiger partial charge on any atom is -0.486 e. The van der Waals surface area contributed by atoms with Gasteiger partial charge >= 0.3 is 0 Å². The van der Waals surface area contributed by atoms with E-state index in [0.29, 0.717) is 30.2 Å². The van der Waals surface area contributed by atoms with Crippen LogP contribution in [0.3, 0.4) is 0 Å². The first-order valence-electron chi connectivity index (χ1n) is 9.93. The molecule has 4 nitrogen and oxygen atoms in total. The minimum atomic E-state index is -0.0608. The van der Waals surface area contributed by atoms with E-state index in [1.54, 1.807) is 23.1 Å². The SMILES string of the molecule is CC(C)N=C1S/C(=C/c2cc(Cl)c(OCc3ccc(Cl)cc3Cl)c(Br)c2)C(=O)N1C(C)C. The highest BCUT2D eigenvalue weighted by molar-refractivity contribution is 9.10. The number of amidine groups is 1. The van der Waals surface area contributed by atoms with E-state index in [1.807, 2.05) is 45.9 Å². The molecule has 0 atom stereocenters. The van der Waals surface area contributed by atoms with Crippen molar-refractivity contribution in [2.75, 3.05) is 0 Å². The number of nitrogens with zero attached hydrogens (tertiary/aromatic N) is 2. The summed E-state index contributed by atoms with van der Waals surface area (Å²) in [7, 11) is 0. The van der Waals surface area contributed by atoms with Gasteiger partial charge in [0.15, 0.2) is 10.9 Å². The van der Waals surface area contributed by atoms with E-state index >= 15 is 0 Å². The van der Waals surface area contributed by atoms with Gasteiger partial charge in [-0.2, -0.15) is 0 Å². The fourth-order valence-electron chi connectivity index (χ4n) is 2.99. The molecule has 0 unspecified atom stereocenters. The Labute approximate surface area is 216 Å². The van der Waals surface area contributed by atoms with Gasteiger partial charge in [-0.05, 0) is 91.3 Å². The van der Waals surface area contributed by atoms with E-state index in [9.17, 15) is 4.79 Å². The normalized spacial score (nSPS) is 16.8. The van der Waals surface area contributed by atoms with Gasteiger partial charge in [0.1, 0.15) is 6.61 Å². The Hall–Kier alpha value is -1.18. The molecule has 0 N–H and O–H groups in total. The van der Waals surface area contributed by atoms with E-state index in [4.69, 9.17) is 39.5 Å². The second-order valence-corrected chi connectivity index (χ2v) is 10.8. The van der Waals surface area contributed by atoms with E-state index in [-0.39, 0.29) is 24.6 Å². The molecule has 3 rings (SSSR count). The Morgan fingerprint density at radius 2 is 1.84 bits per heavy atom. The van der Waals surface area contributed by atoms with E-state index in [1.165, 1.54) is 11.8 Å². The van der Waals surface area contributed by atoms with Gasteiger partial charge in [0, 0.05) is 27.7 Å². The van der Waals surface area contributed by atoms with E-state index < -0.39 is 0 Å². The summed E-state index contributed by atoms with van der Waals surface area (Å²) in [5.41, 5.74) is 1.58. The van der Waals surface area contributed by atoms with Crippen molar-refractivity contribution in [3.8, 4) is 5.75 Å². The first kappa shape index (κ1) is 25.4. The summed E-state index contributed by atoms with van der Waals surface area (Å²) in [5, 5.41) is 2.23. The van der Waals surface area contributed by atoms with Gasteiger partial charge in [-0.25, -0.2) is 0 Å². The molecular formula is C23H22BrCl3N2O2S. The van der Waals surface area contributed by atoms with Crippen LogP contribution >= 0.6 is 62.5 Å². The van der Waals surface area contributed by atoms with Gasteiger partial charge in [-0.3, -0.25) is 14.7 Å². The molecule has 1 amide bonds. The molecule has 2 aromatic rings. The van der Waals surface area contributed by atoms with Crippen molar-refractivity contribution in [1.29, 1.82) is 0 Å². The fourth-order valence-corrected chi connectivity index (χ4v) is 5.68. The largest absolute Gasteiger partial charge is 0.486 e. The maximum Gasteiger partial charge on any atom is 0.266 e. The second kappa shape index (κ2) is 10.8. The molecule has 1 aliphatic heterocycles. The summed E-state index contributed by atoms with van der Waals surface area (Å²) in [4.78, 5) is 19.9. The zero-order valence-electron chi connectivity index (χ0n) is 18.0. The fraction of sp³-hybridized carbons (Fsp3) is 0.304. The summed E-state index contributed by atoms with van der Waals surface area (Å²) in [6, 6.07) is 8.98. The Bertz CT molecular complexity index is 1080. The molecule has 0 spiro atoms. The molecule has 1 aliphatic rings. The Balaban J connectivity index is 1.84. The number of benzene rings is 2. The van der Waals surface area contributed by atoms with Crippen molar-refractivity contribution in [3.63, 3.8) is 0 Å². The number of aliphatic imine (C=N–C) groups is 1. The molecule has 0 bridgehead atoms. The van der Waals surface area contributed by atoms with Crippen LogP contribution < -0.4 is 4.74 Å². The van der Waals surface area contributed by atoms with Crippen molar-refractivity contribution >= 4 is 79.6 Å². The lowest BCUT2D eigenvalue weighted by atomic mass is 10.2. The number of ether oxygens (including phenoxy) is 1. The number of hydrogen-bond donors (Lipinski definition) is 0. The second-order valence-electron chi connectivity index (χ2n) is 7.72. The molecule has 1 fully saturated rings. The molecular weight excluding hydrogens is 555 g/mol. The van der Waals surface area contributed by atoms with Gasteiger partial charge < -0.3 is 4.74 Å². The maximum atomic E-state index is 13.0. The van der Waals surface area contributed by atoms with Crippen LogP contribution in [0.25, 0.3) is 6.08 Å². The summed E-state index contributed by atoms with van der Waals surface area (Å²) < 4.78 is 6.58. The van der Waals surface area contributed by atoms with Crippen LogP contribution in [0.5, 0.6) is 5.75 Å².